The minimum atomic E-state index is -0.155. The van der Waals surface area contributed by atoms with Gasteiger partial charge in [0.05, 0.1) is 0 Å². The Balaban J connectivity index is 2.03. The molecule has 2 heteroatoms. The van der Waals surface area contributed by atoms with Gasteiger partial charge in [0.1, 0.15) is 5.82 Å². The van der Waals surface area contributed by atoms with Crippen LogP contribution in [0.4, 0.5) is 4.39 Å². The van der Waals surface area contributed by atoms with Crippen molar-refractivity contribution in [1.29, 1.82) is 0 Å². The highest BCUT2D eigenvalue weighted by Gasteiger charge is 2.01. The van der Waals surface area contributed by atoms with Gasteiger partial charge in [-0.25, -0.2) is 4.39 Å². The minimum Gasteiger partial charge on any atom is -0.314 e. The third kappa shape index (κ3) is 7.99. The van der Waals surface area contributed by atoms with E-state index in [4.69, 9.17) is 0 Å². The topological polar surface area (TPSA) is 12.0 Å². The molecule has 1 aromatic carbocycles. The second kappa shape index (κ2) is 9.96. The van der Waals surface area contributed by atoms with Crippen LogP contribution in [-0.4, -0.2) is 12.6 Å². The van der Waals surface area contributed by atoms with Crippen molar-refractivity contribution in [1.82, 2.24) is 5.32 Å². The van der Waals surface area contributed by atoms with Crippen LogP contribution >= 0.6 is 0 Å². The highest BCUT2D eigenvalue weighted by Crippen LogP contribution is 2.07. The highest BCUT2D eigenvalue weighted by molar-refractivity contribution is 5.16. The molecular formula is C17H28FN. The molecule has 0 aliphatic rings. The fourth-order valence-corrected chi connectivity index (χ4v) is 2.27. The van der Waals surface area contributed by atoms with Crippen molar-refractivity contribution in [3.8, 4) is 0 Å². The van der Waals surface area contributed by atoms with Crippen LogP contribution in [0, 0.1) is 5.82 Å². The van der Waals surface area contributed by atoms with Crippen molar-refractivity contribution < 1.29 is 4.39 Å². The largest absolute Gasteiger partial charge is 0.314 e. The minimum absolute atomic E-state index is 0.155. The number of halogens is 1. The van der Waals surface area contributed by atoms with Crippen LogP contribution in [0.15, 0.2) is 24.3 Å². The number of unbranched alkanes of at least 4 members (excludes halogenated alkanes) is 4. The average Bonchev–Trinajstić information content (AvgIpc) is 2.41. The molecule has 0 amide bonds. The number of hydrogen-bond donors (Lipinski definition) is 1. The Bertz CT molecular complexity index is 321. The Morgan fingerprint density at radius 1 is 1.05 bits per heavy atom. The molecule has 0 aliphatic heterocycles. The Morgan fingerprint density at radius 2 is 1.74 bits per heavy atom. The summed E-state index contributed by atoms with van der Waals surface area (Å²) in [5.74, 6) is -0.155. The molecule has 0 saturated carbocycles. The van der Waals surface area contributed by atoms with Gasteiger partial charge in [0.15, 0.2) is 0 Å². The van der Waals surface area contributed by atoms with Gasteiger partial charge < -0.3 is 5.32 Å². The first kappa shape index (κ1) is 16.2. The molecule has 0 bridgehead atoms. The molecule has 1 aromatic rings. The molecule has 0 aromatic heterocycles. The van der Waals surface area contributed by atoms with Gasteiger partial charge in [-0.1, -0.05) is 51.2 Å². The summed E-state index contributed by atoms with van der Waals surface area (Å²) in [5, 5.41) is 3.54. The summed E-state index contributed by atoms with van der Waals surface area (Å²) in [6.07, 6.45) is 8.97. The molecule has 1 atom stereocenters. The zero-order valence-corrected chi connectivity index (χ0v) is 12.4. The molecule has 1 nitrogen and oxygen atoms in total. The number of nitrogens with one attached hydrogen (secondary N) is 1. The number of hydrogen-bond acceptors (Lipinski definition) is 1. The SMILES string of the molecule is CCCCCCCC(C)NCCc1ccc(F)cc1. The summed E-state index contributed by atoms with van der Waals surface area (Å²) in [4.78, 5) is 0. The predicted molar refractivity (Wildman–Crippen MR) is 80.9 cm³/mol. The molecular weight excluding hydrogens is 237 g/mol. The summed E-state index contributed by atoms with van der Waals surface area (Å²) >= 11 is 0. The first-order valence-corrected chi connectivity index (χ1v) is 7.70. The maximum atomic E-state index is 12.7. The van der Waals surface area contributed by atoms with E-state index < -0.39 is 0 Å². The van der Waals surface area contributed by atoms with Crippen LogP contribution in [0.25, 0.3) is 0 Å². The Hall–Kier alpha value is -0.890. The van der Waals surface area contributed by atoms with Gasteiger partial charge in [-0.2, -0.15) is 0 Å². The van der Waals surface area contributed by atoms with Gasteiger partial charge in [0, 0.05) is 6.04 Å². The van der Waals surface area contributed by atoms with Crippen molar-refractivity contribution in [3.05, 3.63) is 35.6 Å². The summed E-state index contributed by atoms with van der Waals surface area (Å²) in [6, 6.07) is 7.39. The molecule has 0 aliphatic carbocycles. The second-order valence-corrected chi connectivity index (χ2v) is 5.43. The maximum absolute atomic E-state index is 12.7. The van der Waals surface area contributed by atoms with Crippen LogP contribution in [0.1, 0.15) is 57.9 Å². The van der Waals surface area contributed by atoms with E-state index in [-0.39, 0.29) is 5.82 Å². The van der Waals surface area contributed by atoms with E-state index >= 15 is 0 Å². The van der Waals surface area contributed by atoms with Crippen LogP contribution < -0.4 is 5.32 Å². The highest BCUT2D eigenvalue weighted by atomic mass is 19.1. The molecule has 1 rings (SSSR count). The molecule has 0 radical (unpaired) electrons. The van der Waals surface area contributed by atoms with E-state index in [1.165, 1.54) is 56.2 Å². The lowest BCUT2D eigenvalue weighted by molar-refractivity contribution is 0.483. The van der Waals surface area contributed by atoms with Gasteiger partial charge in [-0.15, -0.1) is 0 Å². The molecule has 1 unspecified atom stereocenters. The predicted octanol–water partition coefficient (Wildman–Crippen LogP) is 4.71. The summed E-state index contributed by atoms with van der Waals surface area (Å²) in [5.41, 5.74) is 1.20. The van der Waals surface area contributed by atoms with Crippen LogP contribution in [-0.2, 0) is 6.42 Å². The normalized spacial score (nSPS) is 12.6. The van der Waals surface area contributed by atoms with E-state index in [1.807, 2.05) is 12.1 Å². The Labute approximate surface area is 117 Å². The summed E-state index contributed by atoms with van der Waals surface area (Å²) < 4.78 is 12.7. The average molecular weight is 265 g/mol. The third-order valence-electron chi connectivity index (χ3n) is 3.56. The first-order chi connectivity index (χ1) is 9.22. The van der Waals surface area contributed by atoms with E-state index in [0.717, 1.165) is 13.0 Å². The van der Waals surface area contributed by atoms with Crippen LogP contribution in [0.5, 0.6) is 0 Å². The van der Waals surface area contributed by atoms with Crippen molar-refractivity contribution >= 4 is 0 Å². The lowest BCUT2D eigenvalue weighted by Crippen LogP contribution is -2.28. The molecule has 0 fully saturated rings. The van der Waals surface area contributed by atoms with E-state index in [1.54, 1.807) is 0 Å². The fourth-order valence-electron chi connectivity index (χ4n) is 2.27. The van der Waals surface area contributed by atoms with E-state index in [2.05, 4.69) is 19.2 Å². The molecule has 0 heterocycles. The van der Waals surface area contributed by atoms with E-state index in [0.29, 0.717) is 6.04 Å². The quantitative estimate of drug-likeness (QED) is 0.604. The van der Waals surface area contributed by atoms with Crippen molar-refractivity contribution in [2.75, 3.05) is 6.54 Å². The second-order valence-electron chi connectivity index (χ2n) is 5.43. The molecule has 19 heavy (non-hydrogen) atoms. The Kier molecular flexibility index (Phi) is 8.48. The lowest BCUT2D eigenvalue weighted by atomic mass is 10.1. The first-order valence-electron chi connectivity index (χ1n) is 7.70. The lowest BCUT2D eigenvalue weighted by Gasteiger charge is -2.13. The zero-order valence-electron chi connectivity index (χ0n) is 12.4. The third-order valence-corrected chi connectivity index (χ3v) is 3.56. The van der Waals surface area contributed by atoms with Crippen LogP contribution in [0.3, 0.4) is 0 Å². The standard InChI is InChI=1S/C17H28FN/c1-3-4-5-6-7-8-15(2)19-14-13-16-9-11-17(18)12-10-16/h9-12,15,19H,3-8,13-14H2,1-2H3. The zero-order chi connectivity index (χ0) is 13.9. The van der Waals surface area contributed by atoms with Gasteiger partial charge in [0.25, 0.3) is 0 Å². The van der Waals surface area contributed by atoms with E-state index in [9.17, 15) is 4.39 Å². The van der Waals surface area contributed by atoms with Gasteiger partial charge in [-0.05, 0) is 44.0 Å². The Morgan fingerprint density at radius 3 is 2.42 bits per heavy atom. The number of benzene rings is 1. The van der Waals surface area contributed by atoms with Gasteiger partial charge >= 0.3 is 0 Å². The molecule has 1 N–H and O–H groups in total. The van der Waals surface area contributed by atoms with Gasteiger partial charge in [-0.3, -0.25) is 0 Å². The molecule has 108 valence electrons. The summed E-state index contributed by atoms with van der Waals surface area (Å²) in [7, 11) is 0. The monoisotopic (exact) mass is 265 g/mol. The van der Waals surface area contributed by atoms with Crippen molar-refractivity contribution in [2.45, 2.75) is 64.8 Å². The van der Waals surface area contributed by atoms with Gasteiger partial charge in [0.2, 0.25) is 0 Å². The van der Waals surface area contributed by atoms with Crippen LogP contribution in [0.2, 0.25) is 0 Å². The number of rotatable bonds is 10. The smallest absolute Gasteiger partial charge is 0.123 e. The summed E-state index contributed by atoms with van der Waals surface area (Å²) in [6.45, 7) is 5.48. The molecule has 0 spiro atoms. The molecule has 0 saturated heterocycles. The van der Waals surface area contributed by atoms with Crippen molar-refractivity contribution in [2.24, 2.45) is 0 Å². The fraction of sp³-hybridized carbons (Fsp3) is 0.647. The maximum Gasteiger partial charge on any atom is 0.123 e. The van der Waals surface area contributed by atoms with Crippen molar-refractivity contribution in [3.63, 3.8) is 0 Å².